The molecule has 0 radical (unpaired) electrons. The van der Waals surface area contributed by atoms with E-state index in [1.165, 1.54) is 44.5 Å². The van der Waals surface area contributed by atoms with Crippen LogP contribution in [-0.4, -0.2) is 0 Å². The van der Waals surface area contributed by atoms with Gasteiger partial charge in [0.2, 0.25) is 0 Å². The fourth-order valence-corrected chi connectivity index (χ4v) is 6.85. The first kappa shape index (κ1) is 23.9. The van der Waals surface area contributed by atoms with Crippen molar-refractivity contribution in [3.05, 3.63) is 124 Å². The van der Waals surface area contributed by atoms with Crippen LogP contribution in [0.1, 0.15) is 81.0 Å². The molecule has 35 heavy (non-hydrogen) atoms. The highest BCUT2D eigenvalue weighted by Gasteiger charge is 2.45. The van der Waals surface area contributed by atoms with Crippen molar-refractivity contribution in [1.82, 2.24) is 0 Å². The third-order valence-corrected chi connectivity index (χ3v) is 8.60. The molecule has 3 aliphatic carbocycles. The lowest BCUT2D eigenvalue weighted by Gasteiger charge is -2.41. The number of hydrogen-bond acceptors (Lipinski definition) is 0. The fraction of sp³-hybridized carbons (Fsp3) is 0.371. The Kier molecular flexibility index (Phi) is 6.58. The quantitative estimate of drug-likeness (QED) is 0.376. The molecule has 0 saturated heterocycles. The van der Waals surface area contributed by atoms with Gasteiger partial charge in [0, 0.05) is 11.8 Å². The molecule has 0 heterocycles. The molecule has 4 atom stereocenters. The second-order valence-electron chi connectivity index (χ2n) is 11.3. The van der Waals surface area contributed by atoms with Crippen LogP contribution in [-0.2, 0) is 6.42 Å². The largest absolute Gasteiger partial charge is 0.0995 e. The van der Waals surface area contributed by atoms with Crippen molar-refractivity contribution < 1.29 is 0 Å². The molecule has 0 nitrogen and oxygen atoms in total. The first-order chi connectivity index (χ1) is 16.9. The molecule has 180 valence electrons. The standard InChI is InChI=1S/C35H40/c1-7-10-23(4)33-24(5)19-31-21-30(20-29-18-15-27-11-8-9-12-32(27)29)25(6)34(31)35(33)28-16-13-26(14-17-28)22(2)3/h8-9,11-14,16-20,22,24,33-35H,4,6-7,10,15,21H2,1-3,5H3. The van der Waals surface area contributed by atoms with Crippen LogP contribution >= 0.6 is 0 Å². The monoisotopic (exact) mass is 460 g/mol. The van der Waals surface area contributed by atoms with Crippen LogP contribution in [0.5, 0.6) is 0 Å². The van der Waals surface area contributed by atoms with E-state index in [2.05, 4.69) is 101 Å². The fourth-order valence-electron chi connectivity index (χ4n) is 6.85. The predicted molar refractivity (Wildman–Crippen MR) is 152 cm³/mol. The molecule has 0 spiro atoms. The van der Waals surface area contributed by atoms with E-state index in [4.69, 9.17) is 6.58 Å². The smallest absolute Gasteiger partial charge is 0.0123 e. The van der Waals surface area contributed by atoms with Crippen LogP contribution in [0.25, 0.3) is 5.57 Å². The van der Waals surface area contributed by atoms with Crippen molar-refractivity contribution in [2.45, 2.75) is 65.2 Å². The summed E-state index contributed by atoms with van der Waals surface area (Å²) in [5, 5.41) is 0. The van der Waals surface area contributed by atoms with Crippen LogP contribution < -0.4 is 0 Å². The van der Waals surface area contributed by atoms with Gasteiger partial charge in [-0.3, -0.25) is 0 Å². The Morgan fingerprint density at radius 2 is 1.83 bits per heavy atom. The van der Waals surface area contributed by atoms with Crippen molar-refractivity contribution in [1.29, 1.82) is 0 Å². The first-order valence-electron chi connectivity index (χ1n) is 13.5. The summed E-state index contributed by atoms with van der Waals surface area (Å²) in [6.45, 7) is 18.6. The third kappa shape index (κ3) is 4.33. The molecule has 0 aromatic heterocycles. The summed E-state index contributed by atoms with van der Waals surface area (Å²) < 4.78 is 0. The molecule has 3 aliphatic rings. The highest BCUT2D eigenvalue weighted by atomic mass is 14.5. The summed E-state index contributed by atoms with van der Waals surface area (Å²) in [5.41, 5.74) is 12.8. The van der Waals surface area contributed by atoms with Gasteiger partial charge >= 0.3 is 0 Å². The summed E-state index contributed by atoms with van der Waals surface area (Å²) in [6, 6.07) is 18.3. The van der Waals surface area contributed by atoms with Crippen LogP contribution in [0, 0.1) is 17.8 Å². The minimum Gasteiger partial charge on any atom is -0.0995 e. The number of rotatable bonds is 6. The second-order valence-corrected chi connectivity index (χ2v) is 11.3. The maximum Gasteiger partial charge on any atom is 0.0123 e. The molecule has 0 N–H and O–H groups in total. The van der Waals surface area contributed by atoms with E-state index in [-0.39, 0.29) is 0 Å². The van der Waals surface area contributed by atoms with Crippen LogP contribution in [0.2, 0.25) is 0 Å². The summed E-state index contributed by atoms with van der Waals surface area (Å²) >= 11 is 0. The van der Waals surface area contributed by atoms with Crippen LogP contribution in [0.15, 0.2) is 102 Å². The molecule has 0 bridgehead atoms. The SMILES string of the molecule is C=C1C(=CC2=CCc3ccccc32)CC2=CC(C)C(C(=C)CCC)C(c3ccc(C(C)C)cc3)C12. The van der Waals surface area contributed by atoms with E-state index in [9.17, 15) is 0 Å². The highest BCUT2D eigenvalue weighted by molar-refractivity contribution is 5.81. The van der Waals surface area contributed by atoms with Crippen LogP contribution in [0.4, 0.5) is 0 Å². The molecular formula is C35H40. The molecule has 5 rings (SSSR count). The lowest BCUT2D eigenvalue weighted by atomic mass is 9.62. The number of benzene rings is 2. The summed E-state index contributed by atoms with van der Waals surface area (Å²) in [4.78, 5) is 0. The molecule has 1 fully saturated rings. The van der Waals surface area contributed by atoms with Gasteiger partial charge in [-0.1, -0.05) is 125 Å². The van der Waals surface area contributed by atoms with E-state index in [0.29, 0.717) is 29.6 Å². The minimum absolute atomic E-state index is 0.373. The Morgan fingerprint density at radius 3 is 2.54 bits per heavy atom. The molecule has 2 aromatic carbocycles. The Hall–Kier alpha value is -2.86. The second kappa shape index (κ2) is 9.65. The highest BCUT2D eigenvalue weighted by Crippen LogP contribution is 2.57. The first-order valence-corrected chi connectivity index (χ1v) is 13.5. The van der Waals surface area contributed by atoms with Crippen molar-refractivity contribution in [3.8, 4) is 0 Å². The van der Waals surface area contributed by atoms with E-state index >= 15 is 0 Å². The Labute approximate surface area is 212 Å². The molecular weight excluding hydrogens is 420 g/mol. The number of hydrogen-bond donors (Lipinski definition) is 0. The number of fused-ring (bicyclic) bond motifs is 2. The van der Waals surface area contributed by atoms with Crippen LogP contribution in [0.3, 0.4) is 0 Å². The molecule has 0 amide bonds. The van der Waals surface area contributed by atoms with E-state index in [1.807, 2.05) is 0 Å². The zero-order chi connectivity index (χ0) is 24.7. The van der Waals surface area contributed by atoms with Gasteiger partial charge in [-0.15, -0.1) is 0 Å². The Morgan fingerprint density at radius 1 is 1.09 bits per heavy atom. The van der Waals surface area contributed by atoms with Crippen molar-refractivity contribution in [2.24, 2.45) is 17.8 Å². The van der Waals surface area contributed by atoms with Gasteiger partial charge in [0.15, 0.2) is 0 Å². The van der Waals surface area contributed by atoms with Gasteiger partial charge in [0.1, 0.15) is 0 Å². The van der Waals surface area contributed by atoms with E-state index < -0.39 is 0 Å². The average Bonchev–Trinajstić information content (AvgIpc) is 3.39. The summed E-state index contributed by atoms with van der Waals surface area (Å²) in [5.74, 6) is 2.28. The number of allylic oxidation sites excluding steroid dienone is 8. The van der Waals surface area contributed by atoms with Gasteiger partial charge in [-0.05, 0) is 76.0 Å². The maximum absolute atomic E-state index is 4.74. The lowest BCUT2D eigenvalue weighted by Crippen LogP contribution is -2.31. The molecule has 0 aliphatic heterocycles. The summed E-state index contributed by atoms with van der Waals surface area (Å²) in [6.07, 6.45) is 11.7. The zero-order valence-electron chi connectivity index (χ0n) is 22.0. The molecule has 1 saturated carbocycles. The van der Waals surface area contributed by atoms with Crippen molar-refractivity contribution in [3.63, 3.8) is 0 Å². The van der Waals surface area contributed by atoms with Gasteiger partial charge in [0.05, 0.1) is 0 Å². The lowest BCUT2D eigenvalue weighted by molar-refractivity contribution is 0.322. The Balaban J connectivity index is 1.54. The Bertz CT molecular complexity index is 1230. The van der Waals surface area contributed by atoms with Gasteiger partial charge in [-0.2, -0.15) is 0 Å². The summed E-state index contributed by atoms with van der Waals surface area (Å²) in [7, 11) is 0. The minimum atomic E-state index is 0.373. The van der Waals surface area contributed by atoms with Crippen molar-refractivity contribution in [2.75, 3.05) is 0 Å². The maximum atomic E-state index is 4.74. The van der Waals surface area contributed by atoms with E-state index in [1.54, 1.807) is 5.57 Å². The molecule has 2 aromatic rings. The van der Waals surface area contributed by atoms with Gasteiger partial charge < -0.3 is 0 Å². The topological polar surface area (TPSA) is 0 Å². The van der Waals surface area contributed by atoms with Gasteiger partial charge in [-0.25, -0.2) is 0 Å². The van der Waals surface area contributed by atoms with E-state index in [0.717, 1.165) is 25.7 Å². The normalized spacial score (nSPS) is 26.5. The molecule has 4 unspecified atom stereocenters. The average molecular weight is 461 g/mol. The molecule has 0 heteroatoms. The predicted octanol–water partition coefficient (Wildman–Crippen LogP) is 9.58. The van der Waals surface area contributed by atoms with Gasteiger partial charge in [0.25, 0.3) is 0 Å². The zero-order valence-corrected chi connectivity index (χ0v) is 22.0. The third-order valence-electron chi connectivity index (χ3n) is 8.60. The van der Waals surface area contributed by atoms with Crippen molar-refractivity contribution >= 4 is 5.57 Å².